The van der Waals surface area contributed by atoms with Crippen LogP contribution in [-0.4, -0.2) is 34.0 Å². The van der Waals surface area contributed by atoms with Crippen LogP contribution in [0.3, 0.4) is 0 Å². The van der Waals surface area contributed by atoms with E-state index in [2.05, 4.69) is 6.58 Å². The molecule has 0 radical (unpaired) electrons. The van der Waals surface area contributed by atoms with Crippen molar-refractivity contribution in [2.24, 2.45) is 5.84 Å². The van der Waals surface area contributed by atoms with Crippen LogP contribution in [-0.2, 0) is 4.79 Å². The van der Waals surface area contributed by atoms with E-state index in [1.54, 1.807) is 6.08 Å². The quantitative estimate of drug-likeness (QED) is 0.345. The molecule has 1 aliphatic heterocycles. The second-order valence-corrected chi connectivity index (χ2v) is 2.57. The number of hydrogen-bond donors (Lipinski definition) is 1. The van der Waals surface area contributed by atoms with Crippen LogP contribution in [0.2, 0.25) is 0 Å². The summed E-state index contributed by atoms with van der Waals surface area (Å²) < 4.78 is 0. The summed E-state index contributed by atoms with van der Waals surface area (Å²) in [4.78, 5) is 12.5. The summed E-state index contributed by atoms with van der Waals surface area (Å²) >= 11 is 4.86. The maximum absolute atomic E-state index is 11.1. The Morgan fingerprint density at radius 1 is 1.82 bits per heavy atom. The molecule has 1 fully saturated rings. The lowest BCUT2D eigenvalue weighted by Crippen LogP contribution is -2.36. The lowest BCUT2D eigenvalue weighted by molar-refractivity contribution is -0.124. The Bertz CT molecular complexity index is 216. The molecular formula is C6H9N3OS. The van der Waals surface area contributed by atoms with Gasteiger partial charge in [0.15, 0.2) is 5.11 Å². The van der Waals surface area contributed by atoms with Crippen LogP contribution < -0.4 is 5.84 Å². The Kier molecular flexibility index (Phi) is 2.21. The molecule has 0 aromatic rings. The zero-order valence-corrected chi connectivity index (χ0v) is 6.80. The van der Waals surface area contributed by atoms with E-state index in [9.17, 15) is 4.79 Å². The monoisotopic (exact) mass is 171 g/mol. The van der Waals surface area contributed by atoms with Crippen molar-refractivity contribution in [3.8, 4) is 0 Å². The molecule has 1 amide bonds. The molecule has 0 saturated carbocycles. The van der Waals surface area contributed by atoms with Gasteiger partial charge in [-0.3, -0.25) is 14.7 Å². The van der Waals surface area contributed by atoms with Gasteiger partial charge in [-0.05, 0) is 12.2 Å². The average Bonchev–Trinajstić information content (AvgIpc) is 2.17. The van der Waals surface area contributed by atoms with Crippen LogP contribution >= 0.6 is 12.2 Å². The Morgan fingerprint density at radius 3 is 2.82 bits per heavy atom. The first-order valence-corrected chi connectivity index (χ1v) is 3.55. The lowest BCUT2D eigenvalue weighted by atomic mass is 10.5. The molecule has 0 aromatic heterocycles. The molecule has 1 saturated heterocycles. The van der Waals surface area contributed by atoms with Crippen molar-refractivity contribution in [1.82, 2.24) is 9.91 Å². The van der Waals surface area contributed by atoms with E-state index in [4.69, 9.17) is 18.1 Å². The van der Waals surface area contributed by atoms with Crippen LogP contribution in [0.1, 0.15) is 0 Å². The van der Waals surface area contributed by atoms with E-state index < -0.39 is 0 Å². The first kappa shape index (κ1) is 8.16. The number of thiocarbonyl (C=S) groups is 1. The van der Waals surface area contributed by atoms with Gasteiger partial charge in [-0.15, -0.1) is 6.58 Å². The third kappa shape index (κ3) is 1.38. The summed E-state index contributed by atoms with van der Waals surface area (Å²) in [5.74, 6) is 5.31. The number of amides is 1. The second kappa shape index (κ2) is 2.98. The fourth-order valence-electron chi connectivity index (χ4n) is 0.869. The fraction of sp³-hybridized carbons (Fsp3) is 0.333. The highest BCUT2D eigenvalue weighted by Gasteiger charge is 2.29. The molecule has 5 heteroatoms. The van der Waals surface area contributed by atoms with Gasteiger partial charge < -0.3 is 0 Å². The summed E-state index contributed by atoms with van der Waals surface area (Å²) in [6, 6.07) is 0. The summed E-state index contributed by atoms with van der Waals surface area (Å²) in [6.07, 6.45) is 1.61. The Labute approximate surface area is 70.2 Å². The predicted molar refractivity (Wildman–Crippen MR) is 45.4 cm³/mol. The first-order chi connectivity index (χ1) is 5.16. The van der Waals surface area contributed by atoms with Crippen LogP contribution in [0.4, 0.5) is 0 Å². The molecule has 0 atom stereocenters. The van der Waals surface area contributed by atoms with Crippen molar-refractivity contribution in [3.63, 3.8) is 0 Å². The van der Waals surface area contributed by atoms with Gasteiger partial charge in [0.1, 0.15) is 6.54 Å². The molecule has 11 heavy (non-hydrogen) atoms. The van der Waals surface area contributed by atoms with Gasteiger partial charge in [0.25, 0.3) is 0 Å². The summed E-state index contributed by atoms with van der Waals surface area (Å²) in [5, 5.41) is 1.62. The largest absolute Gasteiger partial charge is 0.283 e. The van der Waals surface area contributed by atoms with E-state index in [0.717, 1.165) is 0 Å². The predicted octanol–water partition coefficient (Wildman–Crippen LogP) is -0.525. The van der Waals surface area contributed by atoms with Crippen molar-refractivity contribution >= 4 is 23.2 Å². The first-order valence-electron chi connectivity index (χ1n) is 3.14. The maximum Gasteiger partial charge on any atom is 0.250 e. The molecule has 0 aromatic carbocycles. The normalized spacial score (nSPS) is 17.9. The van der Waals surface area contributed by atoms with Crippen LogP contribution in [0.15, 0.2) is 12.7 Å². The third-order valence-electron chi connectivity index (χ3n) is 1.39. The number of rotatable bonds is 2. The minimum Gasteiger partial charge on any atom is -0.283 e. The smallest absolute Gasteiger partial charge is 0.250 e. The highest BCUT2D eigenvalue weighted by molar-refractivity contribution is 7.80. The van der Waals surface area contributed by atoms with E-state index in [1.807, 2.05) is 0 Å². The number of hydrogen-bond acceptors (Lipinski definition) is 3. The van der Waals surface area contributed by atoms with Crippen LogP contribution in [0.5, 0.6) is 0 Å². The minimum absolute atomic E-state index is 0.0719. The summed E-state index contributed by atoms with van der Waals surface area (Å²) in [7, 11) is 0. The molecule has 0 bridgehead atoms. The van der Waals surface area contributed by atoms with Gasteiger partial charge >= 0.3 is 0 Å². The molecule has 4 nitrogen and oxygen atoms in total. The molecule has 1 heterocycles. The Balaban J connectivity index is 2.71. The van der Waals surface area contributed by atoms with Crippen molar-refractivity contribution < 1.29 is 4.79 Å². The Morgan fingerprint density at radius 2 is 2.45 bits per heavy atom. The van der Waals surface area contributed by atoms with Crippen LogP contribution in [0, 0.1) is 0 Å². The highest BCUT2D eigenvalue weighted by atomic mass is 32.1. The average molecular weight is 171 g/mol. The highest BCUT2D eigenvalue weighted by Crippen LogP contribution is 2.05. The van der Waals surface area contributed by atoms with Gasteiger partial charge in [0.05, 0.1) is 0 Å². The molecular weight excluding hydrogens is 162 g/mol. The molecule has 1 rings (SSSR count). The van der Waals surface area contributed by atoms with Gasteiger partial charge in [-0.25, -0.2) is 5.84 Å². The molecule has 1 aliphatic rings. The van der Waals surface area contributed by atoms with Crippen molar-refractivity contribution in [2.45, 2.75) is 0 Å². The second-order valence-electron chi connectivity index (χ2n) is 2.20. The van der Waals surface area contributed by atoms with Gasteiger partial charge in [-0.2, -0.15) is 0 Å². The number of carbonyl (C=O) groups excluding carboxylic acids is 1. The van der Waals surface area contributed by atoms with Gasteiger partial charge in [0.2, 0.25) is 5.91 Å². The molecule has 0 unspecified atom stereocenters. The summed E-state index contributed by atoms with van der Waals surface area (Å²) in [6.45, 7) is 4.11. The third-order valence-corrected chi connectivity index (χ3v) is 1.85. The van der Waals surface area contributed by atoms with E-state index in [0.29, 0.717) is 11.7 Å². The molecule has 0 spiro atoms. The number of carbonyl (C=O) groups is 1. The SMILES string of the molecule is C=CCN1C(=O)CN(N)C1=S. The lowest BCUT2D eigenvalue weighted by Gasteiger charge is -2.13. The number of nitrogens with two attached hydrogens (primary N) is 1. The molecule has 60 valence electrons. The molecule has 0 aliphatic carbocycles. The van der Waals surface area contributed by atoms with Gasteiger partial charge in [0, 0.05) is 6.54 Å². The number of nitrogens with zero attached hydrogens (tertiary/aromatic N) is 2. The zero-order valence-electron chi connectivity index (χ0n) is 5.99. The van der Waals surface area contributed by atoms with E-state index in [1.165, 1.54) is 9.91 Å². The van der Waals surface area contributed by atoms with E-state index in [-0.39, 0.29) is 12.5 Å². The van der Waals surface area contributed by atoms with E-state index >= 15 is 0 Å². The fourth-order valence-corrected chi connectivity index (χ4v) is 1.11. The summed E-state index contributed by atoms with van der Waals surface area (Å²) in [5.41, 5.74) is 0. The minimum atomic E-state index is -0.0719. The topological polar surface area (TPSA) is 49.6 Å². The van der Waals surface area contributed by atoms with Crippen molar-refractivity contribution in [3.05, 3.63) is 12.7 Å². The number of hydrazine groups is 1. The van der Waals surface area contributed by atoms with Gasteiger partial charge in [-0.1, -0.05) is 6.08 Å². The zero-order chi connectivity index (χ0) is 8.43. The van der Waals surface area contributed by atoms with Crippen LogP contribution in [0.25, 0.3) is 0 Å². The van der Waals surface area contributed by atoms with Crippen molar-refractivity contribution in [1.29, 1.82) is 0 Å². The standard InChI is InChI=1S/C6H9N3OS/c1-2-3-8-5(10)4-9(7)6(8)11/h2H,1,3-4,7H2. The molecule has 2 N–H and O–H groups in total. The Hall–Kier alpha value is -0.940. The maximum atomic E-state index is 11.1. The van der Waals surface area contributed by atoms with Crippen molar-refractivity contribution in [2.75, 3.05) is 13.1 Å².